The van der Waals surface area contributed by atoms with E-state index in [0.29, 0.717) is 12.1 Å². The van der Waals surface area contributed by atoms with Gasteiger partial charge in [0.05, 0.1) is 17.4 Å². The Morgan fingerprint density at radius 2 is 2.29 bits per heavy atom. The topological polar surface area (TPSA) is 57.8 Å². The minimum atomic E-state index is -0.0704. The highest BCUT2D eigenvalue weighted by Crippen LogP contribution is 2.11. The fourth-order valence-electron chi connectivity index (χ4n) is 1.53. The van der Waals surface area contributed by atoms with Crippen LogP contribution in [0.5, 0.6) is 0 Å². The number of nitrogens with zero attached hydrogens (tertiary/aromatic N) is 1. The lowest BCUT2D eigenvalue weighted by atomic mass is 10.2. The number of imidazole rings is 1. The van der Waals surface area contributed by atoms with E-state index in [9.17, 15) is 4.79 Å². The largest absolute Gasteiger partial charge is 0.349 e. The standard InChI is InChI=1S/C13H15N3O/c1-9(2)5-6-14-13(17)10-3-4-11-12(7-10)16-8-15-11/h3-5,7-8H,6H2,1-2H3,(H,14,17)(H,15,16). The minimum absolute atomic E-state index is 0.0704. The molecule has 0 saturated heterocycles. The Labute approximate surface area is 99.8 Å². The zero-order valence-electron chi connectivity index (χ0n) is 9.95. The number of allylic oxidation sites excluding steroid dienone is 1. The Balaban J connectivity index is 2.10. The number of aromatic nitrogens is 2. The first kappa shape index (κ1) is 11.4. The van der Waals surface area contributed by atoms with Gasteiger partial charge in [0.25, 0.3) is 5.91 Å². The molecule has 0 radical (unpaired) electrons. The molecular formula is C13H15N3O. The Morgan fingerprint density at radius 3 is 3.06 bits per heavy atom. The van der Waals surface area contributed by atoms with Gasteiger partial charge in [0.2, 0.25) is 0 Å². The lowest BCUT2D eigenvalue weighted by molar-refractivity contribution is 0.0958. The van der Waals surface area contributed by atoms with E-state index in [1.807, 2.05) is 26.0 Å². The van der Waals surface area contributed by atoms with Crippen LogP contribution in [0.2, 0.25) is 0 Å². The first-order valence-electron chi connectivity index (χ1n) is 5.51. The van der Waals surface area contributed by atoms with Crippen molar-refractivity contribution in [3.05, 3.63) is 41.7 Å². The maximum absolute atomic E-state index is 11.8. The molecule has 1 heterocycles. The van der Waals surface area contributed by atoms with E-state index < -0.39 is 0 Å². The number of amides is 1. The van der Waals surface area contributed by atoms with Crippen LogP contribution >= 0.6 is 0 Å². The van der Waals surface area contributed by atoms with Crippen molar-refractivity contribution in [2.75, 3.05) is 6.54 Å². The molecule has 0 spiro atoms. The summed E-state index contributed by atoms with van der Waals surface area (Å²) in [7, 11) is 0. The fraction of sp³-hybridized carbons (Fsp3) is 0.231. The van der Waals surface area contributed by atoms with Crippen LogP contribution in [0, 0.1) is 0 Å². The number of rotatable bonds is 3. The molecule has 0 unspecified atom stereocenters. The van der Waals surface area contributed by atoms with Crippen LogP contribution in [-0.4, -0.2) is 22.4 Å². The Morgan fingerprint density at radius 1 is 1.47 bits per heavy atom. The number of aromatic amines is 1. The molecule has 0 saturated carbocycles. The van der Waals surface area contributed by atoms with Crippen molar-refractivity contribution in [1.29, 1.82) is 0 Å². The quantitative estimate of drug-likeness (QED) is 0.793. The van der Waals surface area contributed by atoms with Gasteiger partial charge < -0.3 is 10.3 Å². The first-order valence-corrected chi connectivity index (χ1v) is 5.51. The zero-order valence-corrected chi connectivity index (χ0v) is 9.95. The van der Waals surface area contributed by atoms with Crippen molar-refractivity contribution in [1.82, 2.24) is 15.3 Å². The van der Waals surface area contributed by atoms with Gasteiger partial charge in [-0.15, -0.1) is 0 Å². The summed E-state index contributed by atoms with van der Waals surface area (Å²) in [6, 6.07) is 5.42. The second kappa shape index (κ2) is 4.82. The molecule has 1 aromatic heterocycles. The number of H-pyrrole nitrogens is 1. The molecule has 17 heavy (non-hydrogen) atoms. The molecule has 1 aromatic carbocycles. The Hall–Kier alpha value is -2.10. The van der Waals surface area contributed by atoms with Gasteiger partial charge in [-0.1, -0.05) is 11.6 Å². The maximum atomic E-state index is 11.8. The highest BCUT2D eigenvalue weighted by Gasteiger charge is 2.05. The predicted molar refractivity (Wildman–Crippen MR) is 67.9 cm³/mol. The van der Waals surface area contributed by atoms with E-state index in [1.165, 1.54) is 5.57 Å². The third kappa shape index (κ3) is 2.72. The molecule has 0 aliphatic heterocycles. The molecular weight excluding hydrogens is 214 g/mol. The van der Waals surface area contributed by atoms with E-state index in [1.54, 1.807) is 18.5 Å². The van der Waals surface area contributed by atoms with Crippen molar-refractivity contribution < 1.29 is 4.79 Å². The molecule has 4 nitrogen and oxygen atoms in total. The number of hydrogen-bond acceptors (Lipinski definition) is 2. The number of hydrogen-bond donors (Lipinski definition) is 2. The van der Waals surface area contributed by atoms with E-state index in [0.717, 1.165) is 11.0 Å². The van der Waals surface area contributed by atoms with Gasteiger partial charge in [0, 0.05) is 12.1 Å². The molecule has 0 fully saturated rings. The molecule has 0 aliphatic rings. The van der Waals surface area contributed by atoms with Crippen LogP contribution in [0.15, 0.2) is 36.2 Å². The summed E-state index contributed by atoms with van der Waals surface area (Å²) in [6.07, 6.45) is 3.60. The summed E-state index contributed by atoms with van der Waals surface area (Å²) in [6.45, 7) is 4.56. The molecule has 2 N–H and O–H groups in total. The minimum Gasteiger partial charge on any atom is -0.349 e. The van der Waals surface area contributed by atoms with Gasteiger partial charge in [0.1, 0.15) is 0 Å². The Kier molecular flexibility index (Phi) is 3.23. The Bertz CT molecular complexity index is 565. The second-order valence-corrected chi connectivity index (χ2v) is 4.13. The molecule has 2 aromatic rings. The number of benzene rings is 1. The maximum Gasteiger partial charge on any atom is 0.251 e. The van der Waals surface area contributed by atoms with Gasteiger partial charge in [0.15, 0.2) is 0 Å². The van der Waals surface area contributed by atoms with Crippen LogP contribution in [0.1, 0.15) is 24.2 Å². The van der Waals surface area contributed by atoms with E-state index in [4.69, 9.17) is 0 Å². The highest BCUT2D eigenvalue weighted by atomic mass is 16.1. The molecule has 0 bridgehead atoms. The first-order chi connectivity index (χ1) is 8.16. The van der Waals surface area contributed by atoms with Crippen LogP contribution < -0.4 is 5.32 Å². The molecule has 4 heteroatoms. The van der Waals surface area contributed by atoms with Crippen molar-refractivity contribution in [3.63, 3.8) is 0 Å². The van der Waals surface area contributed by atoms with E-state index in [-0.39, 0.29) is 5.91 Å². The third-order valence-corrected chi connectivity index (χ3v) is 2.46. The van der Waals surface area contributed by atoms with Gasteiger partial charge in [-0.2, -0.15) is 0 Å². The summed E-state index contributed by atoms with van der Waals surface area (Å²) < 4.78 is 0. The average molecular weight is 229 g/mol. The number of carbonyl (C=O) groups excluding carboxylic acids is 1. The summed E-state index contributed by atoms with van der Waals surface area (Å²) in [4.78, 5) is 18.9. The molecule has 0 atom stereocenters. The number of carbonyl (C=O) groups is 1. The van der Waals surface area contributed by atoms with Gasteiger partial charge in [-0.3, -0.25) is 4.79 Å². The van der Waals surface area contributed by atoms with Crippen LogP contribution in [0.4, 0.5) is 0 Å². The van der Waals surface area contributed by atoms with Crippen LogP contribution in [0.3, 0.4) is 0 Å². The van der Waals surface area contributed by atoms with E-state index >= 15 is 0 Å². The summed E-state index contributed by atoms with van der Waals surface area (Å²) in [5.41, 5.74) is 3.57. The van der Waals surface area contributed by atoms with Crippen molar-refractivity contribution in [2.24, 2.45) is 0 Å². The SMILES string of the molecule is CC(C)=CCNC(=O)c1ccc2nc[nH]c2c1. The highest BCUT2D eigenvalue weighted by molar-refractivity contribution is 5.97. The monoisotopic (exact) mass is 229 g/mol. The van der Waals surface area contributed by atoms with Gasteiger partial charge in [-0.25, -0.2) is 4.98 Å². The molecule has 88 valence electrons. The van der Waals surface area contributed by atoms with Gasteiger partial charge in [-0.05, 0) is 32.0 Å². The van der Waals surface area contributed by atoms with Crippen LogP contribution in [0.25, 0.3) is 11.0 Å². The third-order valence-electron chi connectivity index (χ3n) is 2.46. The predicted octanol–water partition coefficient (Wildman–Crippen LogP) is 2.26. The number of fused-ring (bicyclic) bond motifs is 1. The lowest BCUT2D eigenvalue weighted by Gasteiger charge is -2.02. The summed E-state index contributed by atoms with van der Waals surface area (Å²) in [5, 5.41) is 2.84. The molecule has 2 rings (SSSR count). The average Bonchev–Trinajstić information content (AvgIpc) is 2.75. The van der Waals surface area contributed by atoms with Crippen molar-refractivity contribution in [3.8, 4) is 0 Å². The summed E-state index contributed by atoms with van der Waals surface area (Å²) in [5.74, 6) is -0.0704. The zero-order chi connectivity index (χ0) is 12.3. The second-order valence-electron chi connectivity index (χ2n) is 4.13. The van der Waals surface area contributed by atoms with Gasteiger partial charge >= 0.3 is 0 Å². The number of nitrogens with one attached hydrogen (secondary N) is 2. The summed E-state index contributed by atoms with van der Waals surface area (Å²) >= 11 is 0. The normalized spacial score (nSPS) is 10.2. The lowest BCUT2D eigenvalue weighted by Crippen LogP contribution is -2.23. The molecule has 1 amide bonds. The van der Waals surface area contributed by atoms with Crippen LogP contribution in [-0.2, 0) is 0 Å². The molecule has 0 aliphatic carbocycles. The van der Waals surface area contributed by atoms with Crippen molar-refractivity contribution >= 4 is 16.9 Å². The van der Waals surface area contributed by atoms with E-state index in [2.05, 4.69) is 15.3 Å². The fourth-order valence-corrected chi connectivity index (χ4v) is 1.53. The van der Waals surface area contributed by atoms with Crippen molar-refractivity contribution in [2.45, 2.75) is 13.8 Å². The smallest absolute Gasteiger partial charge is 0.251 e.